The summed E-state index contributed by atoms with van der Waals surface area (Å²) in [6.07, 6.45) is 0.746. The van der Waals surface area contributed by atoms with Gasteiger partial charge in [-0.05, 0) is 17.7 Å². The van der Waals surface area contributed by atoms with Crippen LogP contribution < -0.4 is 5.73 Å². The topological polar surface area (TPSA) is 84.9 Å². The van der Waals surface area contributed by atoms with E-state index < -0.39 is 5.97 Å². The number of nitrogens with two attached hydrogens (primary N) is 1. The lowest BCUT2D eigenvalue weighted by Gasteiger charge is -2.03. The van der Waals surface area contributed by atoms with Gasteiger partial charge in [-0.25, -0.2) is 4.79 Å². The maximum atomic E-state index is 10.7. The van der Waals surface area contributed by atoms with Crippen molar-refractivity contribution in [1.29, 1.82) is 0 Å². The molecule has 0 unspecified atom stereocenters. The molecule has 0 aliphatic rings. The van der Waals surface area contributed by atoms with Gasteiger partial charge in [-0.3, -0.25) is 0 Å². The van der Waals surface area contributed by atoms with E-state index in [4.69, 9.17) is 15.7 Å². The summed E-state index contributed by atoms with van der Waals surface area (Å²) in [6, 6.07) is 16.1. The van der Waals surface area contributed by atoms with E-state index in [1.165, 1.54) is 12.1 Å². The Hall–Kier alpha value is -2.82. The van der Waals surface area contributed by atoms with E-state index in [-0.39, 0.29) is 11.4 Å². The van der Waals surface area contributed by atoms with Crippen LogP contribution in [0.5, 0.6) is 0 Å². The SMILES string of the molecule is N/C(=N\OCCc1ccccc1)c1ccc(C(=O)O)cc1. The van der Waals surface area contributed by atoms with Crippen molar-refractivity contribution in [2.24, 2.45) is 10.9 Å². The zero-order valence-electron chi connectivity index (χ0n) is 11.4. The molecule has 5 nitrogen and oxygen atoms in total. The molecule has 2 rings (SSSR count). The lowest BCUT2D eigenvalue weighted by atomic mass is 10.1. The van der Waals surface area contributed by atoms with E-state index in [1.807, 2.05) is 30.3 Å². The molecule has 2 aromatic rings. The summed E-state index contributed by atoms with van der Waals surface area (Å²) in [4.78, 5) is 15.9. The predicted octanol–water partition coefficient (Wildman–Crippen LogP) is 2.26. The summed E-state index contributed by atoms with van der Waals surface area (Å²) in [5.41, 5.74) is 7.77. The Morgan fingerprint density at radius 1 is 1.05 bits per heavy atom. The molecular formula is C16H16N2O3. The number of hydrogen-bond acceptors (Lipinski definition) is 3. The Balaban J connectivity index is 1.87. The molecule has 0 bridgehead atoms. The Kier molecular flexibility index (Phi) is 4.93. The van der Waals surface area contributed by atoms with Crippen molar-refractivity contribution in [3.63, 3.8) is 0 Å². The summed E-state index contributed by atoms with van der Waals surface area (Å²) >= 11 is 0. The molecule has 0 aliphatic carbocycles. The van der Waals surface area contributed by atoms with Crippen LogP contribution in [0.25, 0.3) is 0 Å². The van der Waals surface area contributed by atoms with Crippen molar-refractivity contribution >= 4 is 11.8 Å². The molecular weight excluding hydrogens is 268 g/mol. The van der Waals surface area contributed by atoms with E-state index in [0.29, 0.717) is 12.2 Å². The summed E-state index contributed by atoms with van der Waals surface area (Å²) in [5.74, 6) is -0.754. The van der Waals surface area contributed by atoms with Crippen molar-refractivity contribution in [2.45, 2.75) is 6.42 Å². The summed E-state index contributed by atoms with van der Waals surface area (Å²) in [5, 5.41) is 12.6. The predicted molar refractivity (Wildman–Crippen MR) is 80.2 cm³/mol. The zero-order chi connectivity index (χ0) is 15.1. The van der Waals surface area contributed by atoms with Crippen molar-refractivity contribution in [3.05, 3.63) is 71.3 Å². The van der Waals surface area contributed by atoms with Gasteiger partial charge < -0.3 is 15.7 Å². The number of rotatable bonds is 6. The van der Waals surface area contributed by atoms with Crippen LogP contribution in [0.15, 0.2) is 59.8 Å². The second-order valence-corrected chi connectivity index (χ2v) is 4.43. The van der Waals surface area contributed by atoms with E-state index in [0.717, 1.165) is 12.0 Å². The molecule has 0 fully saturated rings. The number of carboxylic acids is 1. The standard InChI is InChI=1S/C16H16N2O3/c17-15(13-6-8-14(9-7-13)16(19)20)18-21-11-10-12-4-2-1-3-5-12/h1-9H,10-11H2,(H2,17,18)(H,19,20). The van der Waals surface area contributed by atoms with Gasteiger partial charge in [-0.15, -0.1) is 0 Å². The smallest absolute Gasteiger partial charge is 0.335 e. The summed E-state index contributed by atoms with van der Waals surface area (Å²) < 4.78 is 0. The van der Waals surface area contributed by atoms with Crippen molar-refractivity contribution in [3.8, 4) is 0 Å². The molecule has 5 heteroatoms. The molecule has 0 aromatic heterocycles. The fraction of sp³-hybridized carbons (Fsp3) is 0.125. The maximum absolute atomic E-state index is 10.7. The number of benzene rings is 2. The zero-order valence-corrected chi connectivity index (χ0v) is 11.4. The summed E-state index contributed by atoms with van der Waals surface area (Å²) in [7, 11) is 0. The first-order valence-corrected chi connectivity index (χ1v) is 6.50. The van der Waals surface area contributed by atoms with Gasteiger partial charge in [0.25, 0.3) is 0 Å². The van der Waals surface area contributed by atoms with E-state index in [2.05, 4.69) is 5.16 Å². The highest BCUT2D eigenvalue weighted by molar-refractivity contribution is 5.98. The summed E-state index contributed by atoms with van der Waals surface area (Å²) in [6.45, 7) is 0.428. The number of nitrogens with zero attached hydrogens (tertiary/aromatic N) is 1. The minimum absolute atomic E-state index is 0.205. The highest BCUT2D eigenvalue weighted by atomic mass is 16.6. The molecule has 0 aliphatic heterocycles. The first kappa shape index (κ1) is 14.6. The average Bonchev–Trinajstić information content (AvgIpc) is 2.52. The van der Waals surface area contributed by atoms with Gasteiger partial charge in [-0.1, -0.05) is 47.6 Å². The largest absolute Gasteiger partial charge is 0.478 e. The maximum Gasteiger partial charge on any atom is 0.335 e. The van der Waals surface area contributed by atoms with Crippen LogP contribution in [0.2, 0.25) is 0 Å². The van der Waals surface area contributed by atoms with Crippen molar-refractivity contribution < 1.29 is 14.7 Å². The molecule has 21 heavy (non-hydrogen) atoms. The Morgan fingerprint density at radius 2 is 1.67 bits per heavy atom. The monoisotopic (exact) mass is 284 g/mol. The van der Waals surface area contributed by atoms with Crippen molar-refractivity contribution in [2.75, 3.05) is 6.61 Å². The second kappa shape index (κ2) is 7.09. The number of amidine groups is 1. The molecule has 0 heterocycles. The second-order valence-electron chi connectivity index (χ2n) is 4.43. The van der Waals surface area contributed by atoms with E-state index in [1.54, 1.807) is 12.1 Å². The van der Waals surface area contributed by atoms with Crippen LogP contribution in [-0.4, -0.2) is 23.5 Å². The molecule has 0 saturated heterocycles. The third-order valence-electron chi connectivity index (χ3n) is 2.92. The van der Waals surface area contributed by atoms with Crippen LogP contribution in [-0.2, 0) is 11.3 Å². The third-order valence-corrected chi connectivity index (χ3v) is 2.92. The van der Waals surface area contributed by atoms with Gasteiger partial charge in [-0.2, -0.15) is 0 Å². The minimum Gasteiger partial charge on any atom is -0.478 e. The van der Waals surface area contributed by atoms with Gasteiger partial charge in [0.15, 0.2) is 5.84 Å². The van der Waals surface area contributed by atoms with E-state index in [9.17, 15) is 4.79 Å². The molecule has 2 aromatic carbocycles. The Labute approximate surface area is 122 Å². The number of aromatic carboxylic acids is 1. The van der Waals surface area contributed by atoms with Crippen LogP contribution >= 0.6 is 0 Å². The van der Waals surface area contributed by atoms with Crippen LogP contribution in [0.4, 0.5) is 0 Å². The van der Waals surface area contributed by atoms with Gasteiger partial charge in [0.1, 0.15) is 6.61 Å². The van der Waals surface area contributed by atoms with Crippen LogP contribution in [0.1, 0.15) is 21.5 Å². The highest BCUT2D eigenvalue weighted by Crippen LogP contribution is 2.05. The van der Waals surface area contributed by atoms with Gasteiger partial charge in [0.2, 0.25) is 0 Å². The Morgan fingerprint density at radius 3 is 2.29 bits per heavy atom. The number of carboxylic acid groups (broad SMARTS) is 1. The quantitative estimate of drug-likeness (QED) is 0.369. The highest BCUT2D eigenvalue weighted by Gasteiger charge is 2.04. The fourth-order valence-corrected chi connectivity index (χ4v) is 1.76. The van der Waals surface area contributed by atoms with E-state index >= 15 is 0 Å². The molecule has 108 valence electrons. The molecule has 0 spiro atoms. The first-order valence-electron chi connectivity index (χ1n) is 6.50. The van der Waals surface area contributed by atoms with Gasteiger partial charge in [0.05, 0.1) is 5.56 Å². The number of carbonyl (C=O) groups is 1. The van der Waals surface area contributed by atoms with Crippen molar-refractivity contribution in [1.82, 2.24) is 0 Å². The fourth-order valence-electron chi connectivity index (χ4n) is 1.76. The first-order chi connectivity index (χ1) is 10.2. The average molecular weight is 284 g/mol. The number of oxime groups is 1. The van der Waals surface area contributed by atoms with Gasteiger partial charge >= 0.3 is 5.97 Å². The Bertz CT molecular complexity index is 622. The molecule has 0 saturated carbocycles. The third kappa shape index (κ3) is 4.35. The lowest BCUT2D eigenvalue weighted by molar-refractivity contribution is 0.0697. The van der Waals surface area contributed by atoms with Crippen LogP contribution in [0, 0.1) is 0 Å². The molecule has 3 N–H and O–H groups in total. The lowest BCUT2D eigenvalue weighted by Crippen LogP contribution is -2.14. The molecule has 0 amide bonds. The van der Waals surface area contributed by atoms with Crippen LogP contribution in [0.3, 0.4) is 0 Å². The number of hydrogen-bond donors (Lipinski definition) is 2. The molecule has 0 radical (unpaired) electrons. The normalized spacial score (nSPS) is 11.1. The van der Waals surface area contributed by atoms with Gasteiger partial charge in [0, 0.05) is 12.0 Å². The molecule has 0 atom stereocenters. The minimum atomic E-state index is -0.976.